The molecule has 3 rings (SSSR count). The Morgan fingerprint density at radius 1 is 1.43 bits per heavy atom. The van der Waals surface area contributed by atoms with Crippen LogP contribution in [0.4, 0.5) is 0 Å². The van der Waals surface area contributed by atoms with Crippen LogP contribution in [0.5, 0.6) is 0 Å². The highest BCUT2D eigenvalue weighted by Gasteiger charge is 2.39. The Bertz CT molecular complexity index is 525. The van der Waals surface area contributed by atoms with Crippen LogP contribution in [0.1, 0.15) is 25.3 Å². The van der Waals surface area contributed by atoms with Gasteiger partial charge in [-0.1, -0.05) is 23.7 Å². The fraction of sp³-hybridized carbons (Fsp3) is 0.562. The summed E-state index contributed by atoms with van der Waals surface area (Å²) >= 11 is 5.96. The Morgan fingerprint density at radius 3 is 2.86 bits per heavy atom. The van der Waals surface area contributed by atoms with Gasteiger partial charge in [0.2, 0.25) is 0 Å². The quantitative estimate of drug-likeness (QED) is 0.929. The highest BCUT2D eigenvalue weighted by Crippen LogP contribution is 2.28. The highest BCUT2D eigenvalue weighted by atomic mass is 35.5. The molecular formula is C16H22ClN3O. The molecule has 2 atom stereocenters. The first-order valence-corrected chi connectivity index (χ1v) is 7.88. The molecule has 21 heavy (non-hydrogen) atoms. The first-order valence-electron chi connectivity index (χ1n) is 7.50. The van der Waals surface area contributed by atoms with Crippen molar-refractivity contribution in [2.45, 2.75) is 37.8 Å². The van der Waals surface area contributed by atoms with Gasteiger partial charge in [0.05, 0.1) is 18.2 Å². The molecule has 1 aromatic rings. The van der Waals surface area contributed by atoms with Crippen LogP contribution in [0, 0.1) is 0 Å². The molecule has 2 unspecified atom stereocenters. The lowest BCUT2D eigenvalue weighted by molar-refractivity contribution is 0.0696. The van der Waals surface area contributed by atoms with Gasteiger partial charge in [-0.25, -0.2) is 0 Å². The first-order chi connectivity index (χ1) is 10.1. The standard InChI is InChI=1S/C16H22ClN3O/c1-16(9-12-4-6-13(17)7-5-12)11-19-15(18)20(16)10-14-3-2-8-21-14/h4-7,14H,2-3,8-11H2,1H3,(H2,18,19). The van der Waals surface area contributed by atoms with Crippen molar-refractivity contribution in [3.63, 3.8) is 0 Å². The average molecular weight is 308 g/mol. The van der Waals surface area contributed by atoms with Gasteiger partial charge in [0, 0.05) is 18.2 Å². The number of nitrogens with two attached hydrogens (primary N) is 1. The van der Waals surface area contributed by atoms with E-state index < -0.39 is 0 Å². The van der Waals surface area contributed by atoms with Crippen LogP contribution in [-0.4, -0.2) is 42.2 Å². The number of aliphatic imine (C=N–C) groups is 1. The second-order valence-corrected chi connectivity index (χ2v) is 6.66. The van der Waals surface area contributed by atoms with Gasteiger partial charge < -0.3 is 15.4 Å². The van der Waals surface area contributed by atoms with Crippen LogP contribution in [0.15, 0.2) is 29.3 Å². The Balaban J connectivity index is 1.73. The zero-order valence-electron chi connectivity index (χ0n) is 12.4. The van der Waals surface area contributed by atoms with Crippen molar-refractivity contribution >= 4 is 17.6 Å². The Hall–Kier alpha value is -1.26. The summed E-state index contributed by atoms with van der Waals surface area (Å²) in [6.07, 6.45) is 3.44. The van der Waals surface area contributed by atoms with E-state index in [4.69, 9.17) is 22.1 Å². The Kier molecular flexibility index (Phi) is 4.09. The smallest absolute Gasteiger partial charge is 0.191 e. The molecule has 0 spiro atoms. The summed E-state index contributed by atoms with van der Waals surface area (Å²) in [5, 5.41) is 0.766. The van der Waals surface area contributed by atoms with Crippen molar-refractivity contribution in [2.24, 2.45) is 10.7 Å². The van der Waals surface area contributed by atoms with Gasteiger partial charge >= 0.3 is 0 Å². The lowest BCUT2D eigenvalue weighted by atomic mass is 9.91. The number of benzene rings is 1. The first kappa shape index (κ1) is 14.7. The third-order valence-corrected chi connectivity index (χ3v) is 4.67. The highest BCUT2D eigenvalue weighted by molar-refractivity contribution is 6.30. The largest absolute Gasteiger partial charge is 0.376 e. The van der Waals surface area contributed by atoms with E-state index in [2.05, 4.69) is 28.9 Å². The molecule has 114 valence electrons. The van der Waals surface area contributed by atoms with Crippen molar-refractivity contribution < 1.29 is 4.74 Å². The Morgan fingerprint density at radius 2 is 2.19 bits per heavy atom. The van der Waals surface area contributed by atoms with Crippen LogP contribution >= 0.6 is 11.6 Å². The molecule has 0 amide bonds. The molecule has 2 N–H and O–H groups in total. The molecule has 0 bridgehead atoms. The minimum Gasteiger partial charge on any atom is -0.376 e. The summed E-state index contributed by atoms with van der Waals surface area (Å²) in [6, 6.07) is 8.02. The van der Waals surface area contributed by atoms with Crippen molar-refractivity contribution in [1.82, 2.24) is 4.90 Å². The van der Waals surface area contributed by atoms with Crippen molar-refractivity contribution in [3.05, 3.63) is 34.9 Å². The fourth-order valence-electron chi connectivity index (χ4n) is 3.20. The molecule has 1 saturated heterocycles. The summed E-state index contributed by atoms with van der Waals surface area (Å²) in [7, 11) is 0. The topological polar surface area (TPSA) is 50.8 Å². The summed E-state index contributed by atoms with van der Waals surface area (Å²) in [5.41, 5.74) is 7.28. The molecular weight excluding hydrogens is 286 g/mol. The van der Waals surface area contributed by atoms with E-state index in [1.165, 1.54) is 5.56 Å². The van der Waals surface area contributed by atoms with Crippen molar-refractivity contribution in [2.75, 3.05) is 19.7 Å². The molecule has 2 aliphatic rings. The predicted octanol–water partition coefficient (Wildman–Crippen LogP) is 2.45. The van der Waals surface area contributed by atoms with Crippen molar-refractivity contribution in [3.8, 4) is 0 Å². The van der Waals surface area contributed by atoms with Crippen LogP contribution in [0.25, 0.3) is 0 Å². The minimum atomic E-state index is -0.0795. The van der Waals surface area contributed by atoms with E-state index in [9.17, 15) is 0 Å². The molecule has 1 fully saturated rings. The number of rotatable bonds is 4. The number of halogens is 1. The van der Waals surface area contributed by atoms with Gasteiger partial charge in [0.15, 0.2) is 5.96 Å². The van der Waals surface area contributed by atoms with Crippen LogP contribution in [-0.2, 0) is 11.2 Å². The maximum absolute atomic E-state index is 6.11. The summed E-state index contributed by atoms with van der Waals surface area (Å²) in [5.74, 6) is 0.641. The number of nitrogens with zero attached hydrogens (tertiary/aromatic N) is 2. The predicted molar refractivity (Wildman–Crippen MR) is 85.7 cm³/mol. The van der Waals surface area contributed by atoms with E-state index >= 15 is 0 Å². The third-order valence-electron chi connectivity index (χ3n) is 4.42. The number of hydrogen-bond donors (Lipinski definition) is 1. The molecule has 2 aliphatic heterocycles. The summed E-state index contributed by atoms with van der Waals surface area (Å²) in [4.78, 5) is 6.69. The van der Waals surface area contributed by atoms with Gasteiger partial charge in [-0.05, 0) is 43.9 Å². The number of ether oxygens (including phenoxy) is 1. The fourth-order valence-corrected chi connectivity index (χ4v) is 3.32. The third kappa shape index (κ3) is 3.16. The van der Waals surface area contributed by atoms with Gasteiger partial charge in [0.1, 0.15) is 0 Å². The number of guanidine groups is 1. The van der Waals surface area contributed by atoms with Gasteiger partial charge in [0.25, 0.3) is 0 Å². The van der Waals surface area contributed by atoms with Crippen LogP contribution in [0.2, 0.25) is 5.02 Å². The molecule has 2 heterocycles. The summed E-state index contributed by atoms with van der Waals surface area (Å²) < 4.78 is 5.75. The van der Waals surface area contributed by atoms with Gasteiger partial charge in [-0.15, -0.1) is 0 Å². The van der Waals surface area contributed by atoms with Gasteiger partial charge in [-0.3, -0.25) is 4.99 Å². The maximum Gasteiger partial charge on any atom is 0.191 e. The minimum absolute atomic E-state index is 0.0795. The van der Waals surface area contributed by atoms with E-state index in [1.54, 1.807) is 0 Å². The lowest BCUT2D eigenvalue weighted by Gasteiger charge is -2.37. The van der Waals surface area contributed by atoms with Crippen LogP contribution < -0.4 is 5.73 Å². The molecule has 0 saturated carbocycles. The van der Waals surface area contributed by atoms with E-state index in [0.717, 1.165) is 44.0 Å². The zero-order valence-corrected chi connectivity index (χ0v) is 13.1. The normalized spacial score (nSPS) is 29.0. The van der Waals surface area contributed by atoms with Crippen LogP contribution in [0.3, 0.4) is 0 Å². The summed E-state index contributed by atoms with van der Waals surface area (Å²) in [6.45, 7) is 4.65. The van der Waals surface area contributed by atoms with Gasteiger partial charge in [-0.2, -0.15) is 0 Å². The zero-order chi connectivity index (χ0) is 14.9. The van der Waals surface area contributed by atoms with E-state index in [0.29, 0.717) is 5.96 Å². The Labute approximate surface area is 130 Å². The monoisotopic (exact) mass is 307 g/mol. The molecule has 1 aromatic carbocycles. The van der Waals surface area contributed by atoms with E-state index in [1.807, 2.05) is 12.1 Å². The second-order valence-electron chi connectivity index (χ2n) is 6.22. The molecule has 5 heteroatoms. The lowest BCUT2D eigenvalue weighted by Crippen LogP contribution is -2.53. The van der Waals surface area contributed by atoms with Crippen molar-refractivity contribution in [1.29, 1.82) is 0 Å². The maximum atomic E-state index is 6.11. The van der Waals surface area contributed by atoms with E-state index in [-0.39, 0.29) is 11.6 Å². The molecule has 0 radical (unpaired) electrons. The molecule has 0 aromatic heterocycles. The average Bonchev–Trinajstić information content (AvgIpc) is 3.06. The molecule has 4 nitrogen and oxygen atoms in total. The SMILES string of the molecule is CC1(Cc2ccc(Cl)cc2)CN=C(N)N1CC1CCCO1. The number of hydrogen-bond acceptors (Lipinski definition) is 4. The molecule has 0 aliphatic carbocycles. The second kappa shape index (κ2) is 5.85.